The zero-order valence-corrected chi connectivity index (χ0v) is 11.7. The molecule has 1 aliphatic heterocycles. The molecule has 19 heavy (non-hydrogen) atoms. The van der Waals surface area contributed by atoms with Crippen LogP contribution >= 0.6 is 0 Å². The van der Waals surface area contributed by atoms with Crippen LogP contribution in [-0.2, 0) is 7.05 Å². The number of rotatable bonds is 4. The van der Waals surface area contributed by atoms with Crippen LogP contribution in [0.5, 0.6) is 0 Å². The summed E-state index contributed by atoms with van der Waals surface area (Å²) in [6.45, 7) is 5.57. The molecule has 0 bridgehead atoms. The first kappa shape index (κ1) is 14.0. The highest BCUT2D eigenvalue weighted by Gasteiger charge is 2.22. The first-order valence-corrected chi connectivity index (χ1v) is 6.83. The third kappa shape index (κ3) is 3.33. The summed E-state index contributed by atoms with van der Waals surface area (Å²) in [5.74, 6) is -0.0112. The summed E-state index contributed by atoms with van der Waals surface area (Å²) in [6, 6.07) is 0.265. The monoisotopic (exact) mass is 265 g/mol. The van der Waals surface area contributed by atoms with Crippen molar-refractivity contribution in [2.24, 2.45) is 12.8 Å². The molecule has 1 fully saturated rings. The number of aryl methyl sites for hydroxylation is 1. The molecule has 106 valence electrons. The summed E-state index contributed by atoms with van der Waals surface area (Å²) in [4.78, 5) is 14.5. The van der Waals surface area contributed by atoms with Gasteiger partial charge in [0.1, 0.15) is 0 Å². The highest BCUT2D eigenvalue weighted by Crippen LogP contribution is 2.12. The van der Waals surface area contributed by atoms with Gasteiger partial charge in [0.15, 0.2) is 0 Å². The number of nitrogens with zero attached hydrogens (tertiary/aromatic N) is 3. The van der Waals surface area contributed by atoms with Crippen molar-refractivity contribution < 1.29 is 4.79 Å². The summed E-state index contributed by atoms with van der Waals surface area (Å²) in [7, 11) is 1.84. The Bertz CT molecular complexity index is 434. The lowest BCUT2D eigenvalue weighted by molar-refractivity contribution is 0.0911. The second kappa shape index (κ2) is 6.16. The van der Waals surface area contributed by atoms with Crippen LogP contribution in [0.15, 0.2) is 6.20 Å². The molecule has 1 aliphatic rings. The lowest BCUT2D eigenvalue weighted by atomic mass is 10.0. The van der Waals surface area contributed by atoms with Crippen LogP contribution in [0.4, 0.5) is 0 Å². The quantitative estimate of drug-likeness (QED) is 0.796. The maximum Gasteiger partial charge on any atom is 0.254 e. The molecule has 0 saturated carbocycles. The van der Waals surface area contributed by atoms with Crippen molar-refractivity contribution in [2.75, 3.05) is 26.2 Å². The van der Waals surface area contributed by atoms with Gasteiger partial charge in [-0.3, -0.25) is 9.48 Å². The van der Waals surface area contributed by atoms with Crippen LogP contribution in [0, 0.1) is 6.92 Å². The second-order valence-corrected chi connectivity index (χ2v) is 5.15. The molecule has 1 amide bonds. The van der Waals surface area contributed by atoms with Gasteiger partial charge < -0.3 is 16.0 Å². The Morgan fingerprint density at radius 1 is 1.53 bits per heavy atom. The number of likely N-dealkylation sites (tertiary alicyclic amines) is 1. The molecule has 0 atom stereocenters. The van der Waals surface area contributed by atoms with Gasteiger partial charge in [-0.2, -0.15) is 5.10 Å². The van der Waals surface area contributed by atoms with Gasteiger partial charge in [-0.05, 0) is 19.8 Å². The standard InChI is InChI=1S/C13H23N5O/c1-10-12(9-15-17(10)2)13(19)16-11-3-6-18(7-4-11)8-5-14/h9,11H,3-8,14H2,1-2H3,(H,16,19). The first-order chi connectivity index (χ1) is 9.11. The number of amides is 1. The molecule has 0 aromatic carbocycles. The van der Waals surface area contributed by atoms with Crippen LogP contribution in [0.25, 0.3) is 0 Å². The van der Waals surface area contributed by atoms with Crippen LogP contribution in [0.2, 0.25) is 0 Å². The number of nitrogens with two attached hydrogens (primary N) is 1. The van der Waals surface area contributed by atoms with Crippen molar-refractivity contribution in [2.45, 2.75) is 25.8 Å². The number of carbonyl (C=O) groups is 1. The summed E-state index contributed by atoms with van der Waals surface area (Å²) in [6.07, 6.45) is 3.62. The molecule has 2 rings (SSSR count). The molecule has 6 nitrogen and oxygen atoms in total. The van der Waals surface area contributed by atoms with E-state index in [-0.39, 0.29) is 11.9 Å². The molecule has 3 N–H and O–H groups in total. The predicted molar refractivity (Wildman–Crippen MR) is 73.9 cm³/mol. The number of piperidine rings is 1. The van der Waals surface area contributed by atoms with Gasteiger partial charge in [-0.1, -0.05) is 0 Å². The normalized spacial score (nSPS) is 17.6. The maximum atomic E-state index is 12.2. The third-order valence-corrected chi connectivity index (χ3v) is 3.85. The highest BCUT2D eigenvalue weighted by atomic mass is 16.1. The zero-order chi connectivity index (χ0) is 13.8. The molecular weight excluding hydrogens is 242 g/mol. The number of aromatic nitrogens is 2. The average Bonchev–Trinajstić information content (AvgIpc) is 2.73. The van der Waals surface area contributed by atoms with Crippen LogP contribution in [0.3, 0.4) is 0 Å². The largest absolute Gasteiger partial charge is 0.349 e. The Kier molecular flexibility index (Phi) is 4.55. The number of nitrogens with one attached hydrogen (secondary N) is 1. The number of hydrogen-bond acceptors (Lipinski definition) is 4. The van der Waals surface area contributed by atoms with Crippen molar-refractivity contribution in [3.8, 4) is 0 Å². The Morgan fingerprint density at radius 3 is 2.74 bits per heavy atom. The molecule has 1 saturated heterocycles. The minimum Gasteiger partial charge on any atom is -0.349 e. The lowest BCUT2D eigenvalue weighted by Crippen LogP contribution is -2.45. The molecule has 0 radical (unpaired) electrons. The average molecular weight is 265 g/mol. The summed E-state index contributed by atoms with van der Waals surface area (Å²) in [5, 5.41) is 7.20. The molecule has 0 aliphatic carbocycles. The smallest absolute Gasteiger partial charge is 0.254 e. The van der Waals surface area contributed by atoms with Gasteiger partial charge in [0.25, 0.3) is 5.91 Å². The van der Waals surface area contributed by atoms with E-state index in [9.17, 15) is 4.79 Å². The van der Waals surface area contributed by atoms with E-state index in [2.05, 4.69) is 15.3 Å². The molecule has 2 heterocycles. The van der Waals surface area contributed by atoms with Crippen molar-refractivity contribution >= 4 is 5.91 Å². The lowest BCUT2D eigenvalue weighted by Gasteiger charge is -2.31. The van der Waals surface area contributed by atoms with Crippen molar-refractivity contribution in [3.05, 3.63) is 17.5 Å². The van der Waals surface area contributed by atoms with Gasteiger partial charge in [-0.25, -0.2) is 0 Å². The van der Waals surface area contributed by atoms with Crippen molar-refractivity contribution in [3.63, 3.8) is 0 Å². The van der Waals surface area contributed by atoms with E-state index in [4.69, 9.17) is 5.73 Å². The van der Waals surface area contributed by atoms with Crippen LogP contribution in [0.1, 0.15) is 28.9 Å². The fraction of sp³-hybridized carbons (Fsp3) is 0.692. The second-order valence-electron chi connectivity index (χ2n) is 5.15. The van der Waals surface area contributed by atoms with Gasteiger partial charge in [0.05, 0.1) is 11.8 Å². The van der Waals surface area contributed by atoms with E-state index in [0.29, 0.717) is 12.1 Å². The SMILES string of the molecule is Cc1c(C(=O)NC2CCN(CCN)CC2)cnn1C. The maximum absolute atomic E-state index is 12.2. The Labute approximate surface area is 113 Å². The van der Waals surface area contributed by atoms with E-state index in [1.807, 2.05) is 14.0 Å². The first-order valence-electron chi connectivity index (χ1n) is 6.83. The van der Waals surface area contributed by atoms with Crippen LogP contribution < -0.4 is 11.1 Å². The summed E-state index contributed by atoms with van der Waals surface area (Å²) >= 11 is 0. The van der Waals surface area contributed by atoms with Crippen LogP contribution in [-0.4, -0.2) is 52.8 Å². The van der Waals surface area contributed by atoms with E-state index >= 15 is 0 Å². The molecule has 1 aromatic heterocycles. The van der Waals surface area contributed by atoms with Gasteiger partial charge in [0, 0.05) is 45.0 Å². The number of carbonyl (C=O) groups excluding carboxylic acids is 1. The molecule has 0 spiro atoms. The Balaban J connectivity index is 1.86. The van der Waals surface area contributed by atoms with Crippen molar-refractivity contribution in [1.29, 1.82) is 0 Å². The summed E-state index contributed by atoms with van der Waals surface area (Å²) in [5.41, 5.74) is 7.12. The molecule has 0 unspecified atom stereocenters. The summed E-state index contributed by atoms with van der Waals surface area (Å²) < 4.78 is 1.72. The zero-order valence-electron chi connectivity index (χ0n) is 11.7. The number of hydrogen-bond donors (Lipinski definition) is 2. The van der Waals surface area contributed by atoms with Gasteiger partial charge in [0.2, 0.25) is 0 Å². The topological polar surface area (TPSA) is 76.2 Å². The minimum atomic E-state index is -0.0112. The molecular formula is C13H23N5O. The fourth-order valence-electron chi connectivity index (χ4n) is 2.47. The Hall–Kier alpha value is -1.40. The minimum absolute atomic E-state index is 0.0112. The fourth-order valence-corrected chi connectivity index (χ4v) is 2.47. The third-order valence-electron chi connectivity index (χ3n) is 3.85. The molecule has 6 heteroatoms. The van der Waals surface area contributed by atoms with E-state index in [0.717, 1.165) is 38.2 Å². The molecule has 1 aromatic rings. The Morgan fingerprint density at radius 2 is 2.21 bits per heavy atom. The van der Waals surface area contributed by atoms with E-state index in [1.165, 1.54) is 0 Å². The predicted octanol–water partition coefficient (Wildman–Crippen LogP) is -0.119. The van der Waals surface area contributed by atoms with E-state index in [1.54, 1.807) is 10.9 Å². The van der Waals surface area contributed by atoms with Gasteiger partial charge >= 0.3 is 0 Å². The van der Waals surface area contributed by atoms with E-state index < -0.39 is 0 Å². The van der Waals surface area contributed by atoms with Crippen molar-refractivity contribution in [1.82, 2.24) is 20.0 Å². The highest BCUT2D eigenvalue weighted by molar-refractivity contribution is 5.95. The van der Waals surface area contributed by atoms with Gasteiger partial charge in [-0.15, -0.1) is 0 Å².